The van der Waals surface area contributed by atoms with E-state index in [1.54, 1.807) is 19.2 Å². The SMILES string of the molecule is Cn1[nH]c2nc(Cl)cc(Nc3ccc(C4CCC4)cc3S(C)(=O)=O)c2c1=O. The molecule has 142 valence electrons. The summed E-state index contributed by atoms with van der Waals surface area (Å²) in [6.07, 6.45) is 4.51. The molecule has 2 aromatic heterocycles. The minimum Gasteiger partial charge on any atom is -0.354 e. The molecule has 1 aromatic carbocycles. The molecule has 9 heteroatoms. The summed E-state index contributed by atoms with van der Waals surface area (Å²) in [5.41, 5.74) is 1.91. The predicted octanol–water partition coefficient (Wildman–Crippen LogP) is 3.33. The van der Waals surface area contributed by atoms with Gasteiger partial charge in [0.1, 0.15) is 10.5 Å². The first-order valence-electron chi connectivity index (χ1n) is 8.60. The van der Waals surface area contributed by atoms with Crippen LogP contribution in [-0.2, 0) is 16.9 Å². The van der Waals surface area contributed by atoms with Crippen LogP contribution in [0.3, 0.4) is 0 Å². The lowest BCUT2D eigenvalue weighted by Gasteiger charge is -2.26. The molecule has 0 amide bonds. The van der Waals surface area contributed by atoms with E-state index < -0.39 is 9.84 Å². The van der Waals surface area contributed by atoms with Gasteiger partial charge < -0.3 is 5.32 Å². The van der Waals surface area contributed by atoms with Gasteiger partial charge in [-0.3, -0.25) is 14.6 Å². The zero-order valence-corrected chi connectivity index (χ0v) is 16.5. The fourth-order valence-electron chi connectivity index (χ4n) is 3.38. The smallest absolute Gasteiger partial charge is 0.277 e. The van der Waals surface area contributed by atoms with Crippen LogP contribution < -0.4 is 10.9 Å². The lowest BCUT2D eigenvalue weighted by atomic mass is 9.80. The fraction of sp³-hybridized carbons (Fsp3) is 0.333. The van der Waals surface area contributed by atoms with Gasteiger partial charge in [0.05, 0.1) is 16.3 Å². The number of halogens is 1. The van der Waals surface area contributed by atoms with Gasteiger partial charge in [0.25, 0.3) is 5.56 Å². The lowest BCUT2D eigenvalue weighted by molar-refractivity contribution is 0.419. The number of pyridine rings is 1. The van der Waals surface area contributed by atoms with Crippen LogP contribution in [0, 0.1) is 0 Å². The first-order valence-corrected chi connectivity index (χ1v) is 10.9. The largest absolute Gasteiger partial charge is 0.354 e. The van der Waals surface area contributed by atoms with Crippen LogP contribution >= 0.6 is 11.6 Å². The molecule has 4 rings (SSSR count). The summed E-state index contributed by atoms with van der Waals surface area (Å²) >= 11 is 6.07. The maximum Gasteiger partial charge on any atom is 0.277 e. The number of aromatic amines is 1. The number of sulfone groups is 1. The molecule has 0 radical (unpaired) electrons. The van der Waals surface area contributed by atoms with Crippen LogP contribution in [0.2, 0.25) is 5.15 Å². The Morgan fingerprint density at radius 1 is 1.26 bits per heavy atom. The van der Waals surface area contributed by atoms with Gasteiger partial charge in [-0.15, -0.1) is 0 Å². The second-order valence-corrected chi connectivity index (χ2v) is 9.34. The van der Waals surface area contributed by atoms with E-state index in [2.05, 4.69) is 15.4 Å². The standard InChI is InChI=1S/C18H19ClN4O3S/c1-23-18(24)16-13(9-15(19)21-17(16)22-23)20-12-7-6-11(10-4-3-5-10)8-14(12)27(2,25)26/h6-10H,3-5H2,1-2H3,(H2,20,21,22). The molecule has 0 aliphatic heterocycles. The Hall–Kier alpha value is -2.32. The summed E-state index contributed by atoms with van der Waals surface area (Å²) in [5.74, 6) is 0.415. The topological polar surface area (TPSA) is 96.8 Å². The Morgan fingerprint density at radius 2 is 2.00 bits per heavy atom. The number of hydrogen-bond donors (Lipinski definition) is 2. The van der Waals surface area contributed by atoms with Crippen molar-refractivity contribution < 1.29 is 8.42 Å². The maximum absolute atomic E-state index is 12.4. The van der Waals surface area contributed by atoms with E-state index in [0.717, 1.165) is 18.4 Å². The average molecular weight is 407 g/mol. The third-order valence-corrected chi connectivity index (χ3v) is 6.36. The van der Waals surface area contributed by atoms with Crippen molar-refractivity contribution in [3.63, 3.8) is 0 Å². The van der Waals surface area contributed by atoms with Crippen molar-refractivity contribution in [3.8, 4) is 0 Å². The van der Waals surface area contributed by atoms with Crippen LogP contribution in [0.5, 0.6) is 0 Å². The van der Waals surface area contributed by atoms with E-state index in [0.29, 0.717) is 28.3 Å². The van der Waals surface area contributed by atoms with E-state index in [9.17, 15) is 13.2 Å². The van der Waals surface area contributed by atoms with Gasteiger partial charge in [-0.1, -0.05) is 24.1 Å². The number of nitrogens with one attached hydrogen (secondary N) is 2. The zero-order valence-electron chi connectivity index (χ0n) is 14.9. The summed E-state index contributed by atoms with van der Waals surface area (Å²) in [7, 11) is -1.88. The summed E-state index contributed by atoms with van der Waals surface area (Å²) in [6.45, 7) is 0. The Labute approximate surface area is 161 Å². The second-order valence-electron chi connectivity index (χ2n) is 6.97. The number of H-pyrrole nitrogens is 1. The molecule has 3 aromatic rings. The third-order valence-electron chi connectivity index (χ3n) is 5.03. The average Bonchev–Trinajstić information content (AvgIpc) is 2.80. The number of nitrogens with zero attached hydrogens (tertiary/aromatic N) is 2. The van der Waals surface area contributed by atoms with Crippen molar-refractivity contribution in [2.45, 2.75) is 30.1 Å². The normalized spacial score (nSPS) is 15.1. The molecule has 1 fully saturated rings. The Balaban J connectivity index is 1.85. The number of benzene rings is 1. The molecule has 27 heavy (non-hydrogen) atoms. The third kappa shape index (κ3) is 3.23. The van der Waals surface area contributed by atoms with Gasteiger partial charge in [-0.05, 0) is 42.5 Å². The number of rotatable bonds is 4. The highest BCUT2D eigenvalue weighted by Crippen LogP contribution is 2.39. The molecule has 0 unspecified atom stereocenters. The molecule has 2 heterocycles. The number of fused-ring (bicyclic) bond motifs is 1. The van der Waals surface area contributed by atoms with Gasteiger partial charge in [0, 0.05) is 13.3 Å². The molecular weight excluding hydrogens is 388 g/mol. The van der Waals surface area contributed by atoms with Crippen molar-refractivity contribution in [3.05, 3.63) is 45.3 Å². The number of anilines is 2. The number of aromatic nitrogens is 3. The molecular formula is C18H19ClN4O3S. The lowest BCUT2D eigenvalue weighted by Crippen LogP contribution is -2.13. The molecule has 7 nitrogen and oxygen atoms in total. The second kappa shape index (κ2) is 6.38. The summed E-state index contributed by atoms with van der Waals surface area (Å²) in [5, 5.41) is 6.43. The molecule has 0 atom stereocenters. The maximum atomic E-state index is 12.4. The van der Waals surface area contributed by atoms with Crippen LogP contribution in [0.4, 0.5) is 11.4 Å². The van der Waals surface area contributed by atoms with E-state index in [4.69, 9.17) is 11.6 Å². The molecule has 1 aliphatic carbocycles. The summed E-state index contributed by atoms with van der Waals surface area (Å²) in [4.78, 5) is 16.7. The van der Waals surface area contributed by atoms with Crippen LogP contribution in [0.25, 0.3) is 11.0 Å². The molecule has 1 aliphatic rings. The van der Waals surface area contributed by atoms with E-state index in [-0.39, 0.29) is 15.6 Å². The minimum absolute atomic E-state index is 0.193. The highest BCUT2D eigenvalue weighted by molar-refractivity contribution is 7.90. The first kappa shape index (κ1) is 18.1. The van der Waals surface area contributed by atoms with Gasteiger partial charge in [0.15, 0.2) is 15.5 Å². The van der Waals surface area contributed by atoms with Gasteiger partial charge >= 0.3 is 0 Å². The fourth-order valence-corrected chi connectivity index (χ4v) is 4.44. The molecule has 1 saturated carbocycles. The van der Waals surface area contributed by atoms with Gasteiger partial charge in [0.2, 0.25) is 0 Å². The Morgan fingerprint density at radius 3 is 2.63 bits per heavy atom. The number of hydrogen-bond acceptors (Lipinski definition) is 5. The van der Waals surface area contributed by atoms with Crippen molar-refractivity contribution in [2.75, 3.05) is 11.6 Å². The summed E-state index contributed by atoms with van der Waals surface area (Å²) < 4.78 is 26.1. The number of aryl methyl sites for hydroxylation is 1. The van der Waals surface area contributed by atoms with Crippen LogP contribution in [0.1, 0.15) is 30.7 Å². The molecule has 2 N–H and O–H groups in total. The quantitative estimate of drug-likeness (QED) is 0.648. The molecule has 0 spiro atoms. The van der Waals surface area contributed by atoms with E-state index in [1.807, 2.05) is 6.07 Å². The van der Waals surface area contributed by atoms with Crippen LogP contribution in [0.15, 0.2) is 34.0 Å². The molecule has 0 saturated heterocycles. The molecule has 0 bridgehead atoms. The summed E-state index contributed by atoms with van der Waals surface area (Å²) in [6, 6.07) is 6.94. The monoisotopic (exact) mass is 406 g/mol. The van der Waals surface area contributed by atoms with E-state index in [1.165, 1.54) is 23.4 Å². The Kier molecular flexibility index (Phi) is 4.27. The van der Waals surface area contributed by atoms with Crippen molar-refractivity contribution >= 4 is 43.8 Å². The Bertz CT molecular complexity index is 1210. The first-order chi connectivity index (χ1) is 12.7. The predicted molar refractivity (Wildman–Crippen MR) is 106 cm³/mol. The van der Waals surface area contributed by atoms with Crippen molar-refractivity contribution in [1.29, 1.82) is 0 Å². The highest BCUT2D eigenvalue weighted by atomic mass is 35.5. The van der Waals surface area contributed by atoms with Crippen LogP contribution in [-0.4, -0.2) is 29.4 Å². The van der Waals surface area contributed by atoms with Crippen molar-refractivity contribution in [2.24, 2.45) is 7.05 Å². The minimum atomic E-state index is -3.46. The highest BCUT2D eigenvalue weighted by Gasteiger charge is 2.23. The van der Waals surface area contributed by atoms with Crippen molar-refractivity contribution in [1.82, 2.24) is 14.8 Å². The van der Waals surface area contributed by atoms with Gasteiger partial charge in [-0.25, -0.2) is 13.4 Å². The van der Waals surface area contributed by atoms with E-state index >= 15 is 0 Å². The van der Waals surface area contributed by atoms with Gasteiger partial charge in [-0.2, -0.15) is 0 Å². The zero-order chi connectivity index (χ0) is 19.3.